The van der Waals surface area contributed by atoms with Crippen LogP contribution in [0.5, 0.6) is 0 Å². The van der Waals surface area contributed by atoms with Crippen molar-refractivity contribution in [2.24, 2.45) is 5.41 Å². The van der Waals surface area contributed by atoms with Crippen LogP contribution in [-0.2, 0) is 15.0 Å². The van der Waals surface area contributed by atoms with E-state index in [0.717, 1.165) is 43.5 Å². The Labute approximate surface area is 159 Å². The molecule has 2 aromatic carbocycles. The van der Waals surface area contributed by atoms with Crippen LogP contribution in [0.2, 0.25) is 0 Å². The van der Waals surface area contributed by atoms with Gasteiger partial charge in [-0.1, -0.05) is 48.5 Å². The topological polar surface area (TPSA) is 40.6 Å². The summed E-state index contributed by atoms with van der Waals surface area (Å²) in [6, 6.07) is 20.0. The van der Waals surface area contributed by atoms with Crippen molar-refractivity contribution in [1.82, 2.24) is 4.90 Å². The van der Waals surface area contributed by atoms with Gasteiger partial charge in [0.2, 0.25) is 11.8 Å². The molecule has 1 aliphatic carbocycles. The molecular formula is C23H24N2O2. The summed E-state index contributed by atoms with van der Waals surface area (Å²) in [5.41, 5.74) is 1.57. The Morgan fingerprint density at radius 1 is 0.815 bits per heavy atom. The fourth-order valence-corrected chi connectivity index (χ4v) is 4.77. The van der Waals surface area contributed by atoms with Gasteiger partial charge in [0.1, 0.15) is 0 Å². The molecule has 2 aliphatic heterocycles. The van der Waals surface area contributed by atoms with E-state index in [9.17, 15) is 9.59 Å². The molecule has 0 bridgehead atoms. The number of anilines is 1. The number of hydrogen-bond acceptors (Lipinski definition) is 2. The fraction of sp³-hybridized carbons (Fsp3) is 0.391. The number of carbonyl (C=O) groups is 2. The van der Waals surface area contributed by atoms with Crippen LogP contribution in [0.3, 0.4) is 0 Å². The molecule has 1 saturated carbocycles. The molecule has 27 heavy (non-hydrogen) atoms. The van der Waals surface area contributed by atoms with E-state index in [1.807, 2.05) is 58.3 Å². The molecule has 3 aliphatic rings. The maximum atomic E-state index is 13.2. The van der Waals surface area contributed by atoms with Crippen molar-refractivity contribution in [3.05, 3.63) is 66.2 Å². The Balaban J connectivity index is 1.25. The number of piperidine rings is 1. The molecule has 2 saturated heterocycles. The molecule has 0 atom stereocenters. The highest BCUT2D eigenvalue weighted by atomic mass is 16.2. The van der Waals surface area contributed by atoms with E-state index in [1.165, 1.54) is 0 Å². The second kappa shape index (κ2) is 5.95. The minimum absolute atomic E-state index is 0.227. The lowest BCUT2D eigenvalue weighted by molar-refractivity contribution is -0.145. The quantitative estimate of drug-likeness (QED) is 0.788. The molecule has 2 heterocycles. The number of likely N-dealkylation sites (tertiary alicyclic amines) is 1. The maximum absolute atomic E-state index is 13.2. The van der Waals surface area contributed by atoms with Crippen molar-refractivity contribution in [1.29, 1.82) is 0 Å². The largest absolute Gasteiger partial charge is 0.342 e. The van der Waals surface area contributed by atoms with Crippen LogP contribution in [0.25, 0.3) is 0 Å². The Kier molecular flexibility index (Phi) is 3.64. The van der Waals surface area contributed by atoms with E-state index in [2.05, 4.69) is 12.1 Å². The first-order chi connectivity index (χ1) is 13.1. The number of carbonyl (C=O) groups excluding carboxylic acids is 2. The number of nitrogens with zero attached hydrogens (tertiary/aromatic N) is 2. The van der Waals surface area contributed by atoms with Crippen molar-refractivity contribution in [3.8, 4) is 0 Å². The summed E-state index contributed by atoms with van der Waals surface area (Å²) < 4.78 is 0. The summed E-state index contributed by atoms with van der Waals surface area (Å²) in [5.74, 6) is 0.486. The molecule has 4 heteroatoms. The van der Waals surface area contributed by atoms with E-state index in [0.29, 0.717) is 13.1 Å². The number of para-hydroxylation sites is 1. The van der Waals surface area contributed by atoms with Gasteiger partial charge in [0.25, 0.3) is 0 Å². The van der Waals surface area contributed by atoms with Crippen LogP contribution in [0.1, 0.15) is 31.2 Å². The SMILES string of the molecule is O=C1N(c2ccccc2)CC12CCN(C(=O)C1(c3ccccc3)CC1)CC2. The van der Waals surface area contributed by atoms with Gasteiger partial charge in [-0.15, -0.1) is 0 Å². The van der Waals surface area contributed by atoms with E-state index < -0.39 is 0 Å². The van der Waals surface area contributed by atoms with Gasteiger partial charge >= 0.3 is 0 Å². The number of amides is 2. The monoisotopic (exact) mass is 360 g/mol. The third-order valence-electron chi connectivity index (χ3n) is 6.72. The van der Waals surface area contributed by atoms with Crippen LogP contribution in [0.15, 0.2) is 60.7 Å². The summed E-state index contributed by atoms with van der Waals surface area (Å²) in [7, 11) is 0. The Morgan fingerprint density at radius 2 is 1.41 bits per heavy atom. The third kappa shape index (κ3) is 2.50. The van der Waals surface area contributed by atoms with E-state index in [4.69, 9.17) is 0 Å². The average Bonchev–Trinajstić information content (AvgIpc) is 3.55. The summed E-state index contributed by atoms with van der Waals surface area (Å²) >= 11 is 0. The van der Waals surface area contributed by atoms with Crippen molar-refractivity contribution < 1.29 is 9.59 Å². The average molecular weight is 360 g/mol. The van der Waals surface area contributed by atoms with E-state index in [1.54, 1.807) is 0 Å². The minimum Gasteiger partial charge on any atom is -0.342 e. The van der Waals surface area contributed by atoms with Gasteiger partial charge in [0, 0.05) is 25.3 Å². The first kappa shape index (κ1) is 16.5. The number of benzene rings is 2. The van der Waals surface area contributed by atoms with Gasteiger partial charge in [0.05, 0.1) is 10.8 Å². The van der Waals surface area contributed by atoms with Crippen molar-refractivity contribution in [3.63, 3.8) is 0 Å². The lowest BCUT2D eigenvalue weighted by Crippen LogP contribution is -2.65. The summed E-state index contributed by atoms with van der Waals surface area (Å²) in [5, 5.41) is 0. The van der Waals surface area contributed by atoms with Crippen molar-refractivity contribution in [2.45, 2.75) is 31.1 Å². The number of β-lactam (4-membered cyclic amide) rings is 1. The summed E-state index contributed by atoms with van der Waals surface area (Å²) in [6.45, 7) is 2.17. The van der Waals surface area contributed by atoms with Gasteiger partial charge in [-0.3, -0.25) is 9.59 Å². The number of rotatable bonds is 3. The molecular weight excluding hydrogens is 336 g/mol. The van der Waals surface area contributed by atoms with Crippen molar-refractivity contribution >= 4 is 17.5 Å². The lowest BCUT2D eigenvalue weighted by atomic mass is 9.70. The second-order valence-electron chi connectivity index (χ2n) is 8.25. The zero-order valence-corrected chi connectivity index (χ0v) is 15.4. The van der Waals surface area contributed by atoms with Gasteiger partial charge in [-0.25, -0.2) is 0 Å². The Morgan fingerprint density at radius 3 is 1.96 bits per heavy atom. The predicted molar refractivity (Wildman–Crippen MR) is 104 cm³/mol. The summed E-state index contributed by atoms with van der Waals surface area (Å²) in [4.78, 5) is 29.9. The van der Waals surface area contributed by atoms with Gasteiger partial charge < -0.3 is 9.80 Å². The zero-order valence-electron chi connectivity index (χ0n) is 15.4. The molecule has 4 nitrogen and oxygen atoms in total. The molecule has 2 amide bonds. The molecule has 0 radical (unpaired) electrons. The fourth-order valence-electron chi connectivity index (χ4n) is 4.77. The van der Waals surface area contributed by atoms with E-state index >= 15 is 0 Å². The van der Waals surface area contributed by atoms with Crippen LogP contribution < -0.4 is 4.90 Å². The van der Waals surface area contributed by atoms with Gasteiger partial charge in [-0.2, -0.15) is 0 Å². The summed E-state index contributed by atoms with van der Waals surface area (Å²) in [6.07, 6.45) is 3.45. The highest BCUT2D eigenvalue weighted by Gasteiger charge is 2.57. The smallest absolute Gasteiger partial charge is 0.235 e. The molecule has 0 aromatic heterocycles. The number of hydrogen-bond donors (Lipinski definition) is 0. The van der Waals surface area contributed by atoms with E-state index in [-0.39, 0.29) is 22.6 Å². The van der Waals surface area contributed by atoms with Gasteiger partial charge in [-0.05, 0) is 43.4 Å². The molecule has 0 unspecified atom stereocenters. The maximum Gasteiger partial charge on any atom is 0.235 e. The standard InChI is InChI=1S/C23H24N2O2/c26-20-22(17-25(20)19-9-5-2-6-10-19)13-15-24(16-14-22)21(27)23(11-12-23)18-7-3-1-4-8-18/h1-10H,11-17H2. The highest BCUT2D eigenvalue weighted by molar-refractivity contribution is 6.04. The highest BCUT2D eigenvalue weighted by Crippen LogP contribution is 2.51. The minimum atomic E-state index is -0.300. The zero-order chi connectivity index (χ0) is 18.5. The Bertz CT molecular complexity index is 866. The van der Waals surface area contributed by atoms with Gasteiger partial charge in [0.15, 0.2) is 0 Å². The third-order valence-corrected chi connectivity index (χ3v) is 6.72. The molecule has 2 aromatic rings. The molecule has 3 fully saturated rings. The molecule has 138 valence electrons. The normalized spacial score (nSPS) is 22.4. The predicted octanol–water partition coefficient (Wildman–Crippen LogP) is 3.37. The van der Waals surface area contributed by atoms with Crippen molar-refractivity contribution in [2.75, 3.05) is 24.5 Å². The molecule has 0 N–H and O–H groups in total. The Hall–Kier alpha value is -2.62. The first-order valence-corrected chi connectivity index (χ1v) is 9.87. The first-order valence-electron chi connectivity index (χ1n) is 9.87. The van der Waals surface area contributed by atoms with Crippen LogP contribution in [0.4, 0.5) is 5.69 Å². The van der Waals surface area contributed by atoms with Crippen LogP contribution in [-0.4, -0.2) is 36.3 Å². The van der Waals surface area contributed by atoms with Crippen LogP contribution in [0, 0.1) is 5.41 Å². The molecule has 5 rings (SSSR count). The lowest BCUT2D eigenvalue weighted by Gasteiger charge is -2.52. The molecule has 1 spiro atoms. The second-order valence-corrected chi connectivity index (χ2v) is 8.25. The van der Waals surface area contributed by atoms with Crippen LogP contribution >= 0.6 is 0 Å².